The highest BCUT2D eigenvalue weighted by Crippen LogP contribution is 2.18. The molecule has 5 heteroatoms. The van der Waals surface area contributed by atoms with Gasteiger partial charge in [0.1, 0.15) is 11.4 Å². The van der Waals surface area contributed by atoms with Crippen LogP contribution in [0.1, 0.15) is 5.56 Å². The number of rotatable bonds is 2. The monoisotopic (exact) mass is 205 g/mol. The highest BCUT2D eigenvalue weighted by molar-refractivity contribution is 5.44. The van der Waals surface area contributed by atoms with E-state index in [9.17, 15) is 9.90 Å². The van der Waals surface area contributed by atoms with E-state index in [2.05, 4.69) is 5.10 Å². The smallest absolute Gasteiger partial charge is 0.275 e. The number of nitrogens with zero attached hydrogens (tertiary/aromatic N) is 1. The maximum Gasteiger partial charge on any atom is 0.275 e. The summed E-state index contributed by atoms with van der Waals surface area (Å²) in [6.07, 6.45) is 1.54. The summed E-state index contributed by atoms with van der Waals surface area (Å²) in [5.41, 5.74) is 6.05. The van der Waals surface area contributed by atoms with Crippen molar-refractivity contribution in [2.24, 2.45) is 5.73 Å². The van der Waals surface area contributed by atoms with Gasteiger partial charge in [-0.05, 0) is 12.1 Å². The number of hydrogen-bond acceptors (Lipinski definition) is 3. The molecule has 1 heterocycles. The second-order valence-electron chi connectivity index (χ2n) is 3.13. The van der Waals surface area contributed by atoms with Crippen LogP contribution < -0.4 is 11.3 Å². The lowest BCUT2D eigenvalue weighted by Crippen LogP contribution is -2.19. The number of aromatic hydroxyl groups is 1. The van der Waals surface area contributed by atoms with Crippen LogP contribution in [0.5, 0.6) is 5.75 Å². The van der Waals surface area contributed by atoms with Gasteiger partial charge in [0.2, 0.25) is 0 Å². The molecule has 0 aliphatic heterocycles. The molecule has 4 N–H and O–H groups in total. The topological polar surface area (TPSA) is 84.0 Å². The Morgan fingerprint density at radius 3 is 2.73 bits per heavy atom. The van der Waals surface area contributed by atoms with Crippen molar-refractivity contribution in [2.45, 2.75) is 6.54 Å². The molecule has 2 aromatic rings. The average molecular weight is 205 g/mol. The number of aromatic amines is 1. The van der Waals surface area contributed by atoms with E-state index in [1.165, 1.54) is 16.9 Å². The van der Waals surface area contributed by atoms with E-state index in [1.807, 2.05) is 0 Å². The number of H-pyrrole nitrogens is 1. The molecule has 0 amide bonds. The fourth-order valence-corrected chi connectivity index (χ4v) is 1.38. The predicted octanol–water partition coefficient (Wildman–Crippen LogP) is 0.330. The molecular weight excluding hydrogens is 194 g/mol. The second kappa shape index (κ2) is 3.62. The SMILES string of the molecule is NCc1c[nH]n(-c2ccccc2O)c1=O. The van der Waals surface area contributed by atoms with Gasteiger partial charge in [-0.15, -0.1) is 0 Å². The van der Waals surface area contributed by atoms with Crippen molar-refractivity contribution < 1.29 is 5.11 Å². The molecule has 0 unspecified atom stereocenters. The number of para-hydroxylation sites is 2. The summed E-state index contributed by atoms with van der Waals surface area (Å²) in [7, 11) is 0. The summed E-state index contributed by atoms with van der Waals surface area (Å²) in [5, 5.41) is 12.3. The second-order valence-corrected chi connectivity index (χ2v) is 3.13. The number of hydrogen-bond donors (Lipinski definition) is 3. The Hall–Kier alpha value is -2.01. The van der Waals surface area contributed by atoms with Crippen LogP contribution in [0.15, 0.2) is 35.3 Å². The van der Waals surface area contributed by atoms with Gasteiger partial charge in [-0.1, -0.05) is 12.1 Å². The number of phenols is 1. The van der Waals surface area contributed by atoms with Crippen LogP contribution >= 0.6 is 0 Å². The summed E-state index contributed by atoms with van der Waals surface area (Å²) in [6, 6.07) is 6.60. The van der Waals surface area contributed by atoms with E-state index >= 15 is 0 Å². The third-order valence-corrected chi connectivity index (χ3v) is 2.19. The molecule has 15 heavy (non-hydrogen) atoms. The zero-order chi connectivity index (χ0) is 10.8. The number of benzene rings is 1. The van der Waals surface area contributed by atoms with Crippen molar-refractivity contribution >= 4 is 0 Å². The van der Waals surface area contributed by atoms with Gasteiger partial charge in [0, 0.05) is 12.7 Å². The van der Waals surface area contributed by atoms with E-state index in [1.54, 1.807) is 18.2 Å². The van der Waals surface area contributed by atoms with E-state index in [0.29, 0.717) is 11.3 Å². The van der Waals surface area contributed by atoms with E-state index in [4.69, 9.17) is 5.73 Å². The van der Waals surface area contributed by atoms with Crippen molar-refractivity contribution in [3.05, 3.63) is 46.4 Å². The van der Waals surface area contributed by atoms with Crippen molar-refractivity contribution in [3.8, 4) is 11.4 Å². The Balaban J connectivity index is 2.60. The molecule has 1 aromatic heterocycles. The number of aromatic nitrogens is 2. The third kappa shape index (κ3) is 1.53. The number of phenolic OH excluding ortho intramolecular Hbond substituents is 1. The summed E-state index contributed by atoms with van der Waals surface area (Å²) >= 11 is 0. The Bertz CT molecular complexity index is 527. The maximum absolute atomic E-state index is 11.7. The minimum Gasteiger partial charge on any atom is -0.506 e. The van der Waals surface area contributed by atoms with Crippen molar-refractivity contribution in [3.63, 3.8) is 0 Å². The number of nitrogens with one attached hydrogen (secondary N) is 1. The maximum atomic E-state index is 11.7. The zero-order valence-electron chi connectivity index (χ0n) is 7.97. The Kier molecular flexibility index (Phi) is 2.31. The fourth-order valence-electron chi connectivity index (χ4n) is 1.38. The summed E-state index contributed by atoms with van der Waals surface area (Å²) < 4.78 is 1.26. The Labute approximate surface area is 85.8 Å². The van der Waals surface area contributed by atoms with Crippen molar-refractivity contribution in [1.82, 2.24) is 9.78 Å². The molecule has 5 nitrogen and oxygen atoms in total. The molecule has 0 aliphatic rings. The molecule has 0 spiro atoms. The largest absolute Gasteiger partial charge is 0.506 e. The van der Waals surface area contributed by atoms with E-state index in [-0.39, 0.29) is 17.9 Å². The lowest BCUT2D eigenvalue weighted by Gasteiger charge is -2.03. The Morgan fingerprint density at radius 2 is 2.13 bits per heavy atom. The number of nitrogens with two attached hydrogens (primary N) is 1. The van der Waals surface area contributed by atoms with Gasteiger partial charge in [0.15, 0.2) is 0 Å². The lowest BCUT2D eigenvalue weighted by atomic mass is 10.3. The normalized spacial score (nSPS) is 10.5. The molecule has 0 radical (unpaired) electrons. The molecule has 0 atom stereocenters. The lowest BCUT2D eigenvalue weighted by molar-refractivity contribution is 0.470. The van der Waals surface area contributed by atoms with Crippen molar-refractivity contribution in [1.29, 1.82) is 0 Å². The average Bonchev–Trinajstić information content (AvgIpc) is 2.60. The fraction of sp³-hybridized carbons (Fsp3) is 0.100. The first-order valence-corrected chi connectivity index (χ1v) is 4.52. The first-order valence-electron chi connectivity index (χ1n) is 4.52. The standard InChI is InChI=1S/C10H11N3O2/c11-5-7-6-12-13(10(7)15)8-3-1-2-4-9(8)14/h1-4,6,12,14H,5,11H2. The van der Waals surface area contributed by atoms with Crippen LogP contribution in [0, 0.1) is 0 Å². The molecule has 0 fully saturated rings. The van der Waals surface area contributed by atoms with Gasteiger partial charge in [0.05, 0.1) is 5.56 Å². The highest BCUT2D eigenvalue weighted by atomic mass is 16.3. The molecule has 0 bridgehead atoms. The minimum absolute atomic E-state index is 0.0463. The predicted molar refractivity (Wildman–Crippen MR) is 55.9 cm³/mol. The minimum atomic E-state index is -0.237. The molecule has 0 saturated heterocycles. The first-order chi connectivity index (χ1) is 7.24. The van der Waals surface area contributed by atoms with Gasteiger partial charge in [-0.25, -0.2) is 4.68 Å². The zero-order valence-corrected chi connectivity index (χ0v) is 7.97. The van der Waals surface area contributed by atoms with Gasteiger partial charge >= 0.3 is 0 Å². The van der Waals surface area contributed by atoms with Gasteiger partial charge in [0.25, 0.3) is 5.56 Å². The summed E-state index contributed by atoms with van der Waals surface area (Å²) in [6.45, 7) is 0.177. The summed E-state index contributed by atoms with van der Waals surface area (Å²) in [5.74, 6) is 0.0463. The van der Waals surface area contributed by atoms with Crippen LogP contribution in [-0.4, -0.2) is 14.9 Å². The molecule has 2 rings (SSSR count). The van der Waals surface area contributed by atoms with Crippen molar-refractivity contribution in [2.75, 3.05) is 0 Å². The molecular formula is C10H11N3O2. The quantitative estimate of drug-likeness (QED) is 0.660. The highest BCUT2D eigenvalue weighted by Gasteiger charge is 2.08. The van der Waals surface area contributed by atoms with Crippen LogP contribution in [-0.2, 0) is 6.54 Å². The third-order valence-electron chi connectivity index (χ3n) is 2.19. The molecule has 0 aliphatic carbocycles. The van der Waals surface area contributed by atoms with Gasteiger partial charge in [-0.2, -0.15) is 0 Å². The van der Waals surface area contributed by atoms with Crippen LogP contribution in [0.25, 0.3) is 5.69 Å². The molecule has 0 saturated carbocycles. The van der Waals surface area contributed by atoms with Gasteiger partial charge in [-0.3, -0.25) is 9.89 Å². The first kappa shape index (κ1) is 9.54. The van der Waals surface area contributed by atoms with Crippen LogP contribution in [0.2, 0.25) is 0 Å². The van der Waals surface area contributed by atoms with Gasteiger partial charge < -0.3 is 10.8 Å². The van der Waals surface area contributed by atoms with E-state index in [0.717, 1.165) is 0 Å². The van der Waals surface area contributed by atoms with Crippen LogP contribution in [0.4, 0.5) is 0 Å². The van der Waals surface area contributed by atoms with E-state index < -0.39 is 0 Å². The molecule has 78 valence electrons. The molecule has 1 aromatic carbocycles. The van der Waals surface area contributed by atoms with Crippen LogP contribution in [0.3, 0.4) is 0 Å². The Morgan fingerprint density at radius 1 is 1.40 bits per heavy atom. The summed E-state index contributed by atoms with van der Waals surface area (Å²) in [4.78, 5) is 11.7.